The van der Waals surface area contributed by atoms with E-state index in [0.717, 1.165) is 38.3 Å². The zero-order chi connectivity index (χ0) is 20.0. The third kappa shape index (κ3) is 6.36. The van der Waals surface area contributed by atoms with E-state index in [4.69, 9.17) is 4.74 Å². The topological polar surface area (TPSA) is 95.0 Å². The molecular formula is C19H26N4O4S. The third-order valence-electron chi connectivity index (χ3n) is 4.41. The summed E-state index contributed by atoms with van der Waals surface area (Å²) < 4.78 is 30.4. The Bertz CT molecular complexity index is 838. The average molecular weight is 407 g/mol. The van der Waals surface area contributed by atoms with E-state index in [0.29, 0.717) is 18.0 Å². The number of benzene rings is 1. The van der Waals surface area contributed by atoms with E-state index in [1.807, 2.05) is 18.2 Å². The Morgan fingerprint density at radius 1 is 1.14 bits per heavy atom. The van der Waals surface area contributed by atoms with E-state index in [9.17, 15) is 13.5 Å². The molecule has 1 aliphatic heterocycles. The number of anilines is 2. The lowest BCUT2D eigenvalue weighted by atomic mass is 10.2. The molecular weight excluding hydrogens is 380 g/mol. The Labute approximate surface area is 165 Å². The van der Waals surface area contributed by atoms with E-state index >= 15 is 0 Å². The van der Waals surface area contributed by atoms with Crippen molar-refractivity contribution in [3.8, 4) is 5.75 Å². The van der Waals surface area contributed by atoms with Crippen molar-refractivity contribution >= 4 is 21.5 Å². The summed E-state index contributed by atoms with van der Waals surface area (Å²) in [7, 11) is -3.30. The summed E-state index contributed by atoms with van der Waals surface area (Å²) in [6.45, 7) is 4.20. The highest BCUT2D eigenvalue weighted by molar-refractivity contribution is 7.92. The van der Waals surface area contributed by atoms with E-state index in [-0.39, 0.29) is 6.61 Å². The molecule has 1 saturated heterocycles. The van der Waals surface area contributed by atoms with Crippen LogP contribution in [0, 0.1) is 0 Å². The fourth-order valence-corrected chi connectivity index (χ4v) is 3.64. The van der Waals surface area contributed by atoms with Gasteiger partial charge in [-0.15, -0.1) is 0 Å². The minimum absolute atomic E-state index is 0.180. The molecule has 1 fully saturated rings. The summed E-state index contributed by atoms with van der Waals surface area (Å²) in [5.41, 5.74) is 0.473. The Morgan fingerprint density at radius 3 is 2.46 bits per heavy atom. The highest BCUT2D eigenvalue weighted by Gasteiger charge is 2.20. The van der Waals surface area contributed by atoms with Gasteiger partial charge < -0.3 is 14.7 Å². The number of nitrogens with zero attached hydrogens (tertiary/aromatic N) is 3. The lowest BCUT2D eigenvalue weighted by molar-refractivity contribution is 0.0663. The number of hydrogen-bond donors (Lipinski definition) is 2. The van der Waals surface area contributed by atoms with Crippen LogP contribution >= 0.6 is 0 Å². The molecule has 0 saturated carbocycles. The number of ether oxygens (including phenoxy) is 1. The molecule has 1 atom stereocenters. The number of sulfonamides is 1. The van der Waals surface area contributed by atoms with Gasteiger partial charge in [-0.25, -0.2) is 13.4 Å². The number of piperazine rings is 1. The van der Waals surface area contributed by atoms with Crippen LogP contribution in [0.1, 0.15) is 0 Å². The van der Waals surface area contributed by atoms with Gasteiger partial charge in [0.1, 0.15) is 24.3 Å². The summed E-state index contributed by atoms with van der Waals surface area (Å²) in [4.78, 5) is 8.83. The number of aliphatic hydroxyl groups is 1. The fourth-order valence-electron chi connectivity index (χ4n) is 3.08. The highest BCUT2D eigenvalue weighted by Crippen LogP contribution is 2.17. The van der Waals surface area contributed by atoms with Crippen molar-refractivity contribution in [1.82, 2.24) is 9.88 Å². The maximum atomic E-state index is 11.2. The monoisotopic (exact) mass is 406 g/mol. The molecule has 0 aliphatic carbocycles. The van der Waals surface area contributed by atoms with Gasteiger partial charge in [0.25, 0.3) is 0 Å². The van der Waals surface area contributed by atoms with Crippen LogP contribution in [0.25, 0.3) is 0 Å². The van der Waals surface area contributed by atoms with Crippen LogP contribution < -0.4 is 14.4 Å². The third-order valence-corrected chi connectivity index (χ3v) is 5.02. The van der Waals surface area contributed by atoms with Crippen LogP contribution in [0.15, 0.2) is 48.7 Å². The summed E-state index contributed by atoms with van der Waals surface area (Å²) in [5, 5.41) is 10.3. The molecule has 1 aliphatic rings. The molecule has 0 spiro atoms. The van der Waals surface area contributed by atoms with Crippen LogP contribution in [0.3, 0.4) is 0 Å². The minimum atomic E-state index is -3.30. The second-order valence-electron chi connectivity index (χ2n) is 6.84. The number of aliphatic hydroxyl groups excluding tert-OH is 1. The van der Waals surface area contributed by atoms with Crippen LogP contribution in [0.5, 0.6) is 5.75 Å². The second-order valence-corrected chi connectivity index (χ2v) is 8.59. The maximum Gasteiger partial charge on any atom is 0.229 e. The number of nitrogens with one attached hydrogen (secondary N) is 1. The molecule has 9 heteroatoms. The van der Waals surface area contributed by atoms with Gasteiger partial charge in [0.2, 0.25) is 10.0 Å². The second kappa shape index (κ2) is 9.22. The number of pyridine rings is 1. The van der Waals surface area contributed by atoms with Gasteiger partial charge in [-0.1, -0.05) is 6.07 Å². The molecule has 8 nitrogen and oxygen atoms in total. The van der Waals surface area contributed by atoms with Crippen LogP contribution in [0.4, 0.5) is 11.5 Å². The first-order valence-corrected chi connectivity index (χ1v) is 11.1. The SMILES string of the molecule is CS(=O)(=O)Nc1ccc(OCC(O)CN2CCN(c3ccccn3)CC2)cc1. The highest BCUT2D eigenvalue weighted by atomic mass is 32.2. The predicted molar refractivity (Wildman–Crippen MR) is 109 cm³/mol. The largest absolute Gasteiger partial charge is 0.491 e. The Balaban J connectivity index is 1.39. The maximum absolute atomic E-state index is 11.2. The van der Waals surface area contributed by atoms with Crippen molar-refractivity contribution in [2.45, 2.75) is 6.10 Å². The van der Waals surface area contributed by atoms with Crippen LogP contribution in [-0.4, -0.2) is 75.1 Å². The molecule has 1 aromatic carbocycles. The van der Waals surface area contributed by atoms with E-state index in [1.165, 1.54) is 0 Å². The molecule has 2 N–H and O–H groups in total. The molecule has 0 radical (unpaired) electrons. The van der Waals surface area contributed by atoms with Crippen molar-refractivity contribution in [3.05, 3.63) is 48.7 Å². The summed E-state index contributed by atoms with van der Waals surface area (Å²) in [5.74, 6) is 1.57. The number of β-amino-alcohol motifs (C(OH)–C–C–N with tert-alkyl or cyclic N) is 1. The normalized spacial score (nSPS) is 16.6. The van der Waals surface area contributed by atoms with E-state index in [1.54, 1.807) is 30.5 Å². The van der Waals surface area contributed by atoms with Gasteiger partial charge in [0.15, 0.2) is 0 Å². The molecule has 2 heterocycles. The van der Waals surface area contributed by atoms with E-state index in [2.05, 4.69) is 19.5 Å². The standard InChI is InChI=1S/C19H26N4O4S/c1-28(25,26)21-16-5-7-18(8-6-16)27-15-17(24)14-22-10-12-23(13-11-22)19-4-2-3-9-20-19/h2-9,17,21,24H,10-15H2,1H3. The van der Waals surface area contributed by atoms with Gasteiger partial charge in [-0.2, -0.15) is 0 Å². The molecule has 1 unspecified atom stereocenters. The molecule has 2 aromatic rings. The van der Waals surface area contributed by atoms with Gasteiger partial charge in [-0.3, -0.25) is 9.62 Å². The predicted octanol–water partition coefficient (Wildman–Crippen LogP) is 1.01. The molecule has 28 heavy (non-hydrogen) atoms. The van der Waals surface area contributed by atoms with Crippen molar-refractivity contribution < 1.29 is 18.3 Å². The van der Waals surface area contributed by atoms with Crippen molar-refractivity contribution in [3.63, 3.8) is 0 Å². The summed E-state index contributed by atoms with van der Waals surface area (Å²) in [6.07, 6.45) is 2.30. The van der Waals surface area contributed by atoms with Crippen molar-refractivity contribution in [2.75, 3.05) is 55.2 Å². The fraction of sp³-hybridized carbons (Fsp3) is 0.421. The quantitative estimate of drug-likeness (QED) is 0.676. The van der Waals surface area contributed by atoms with Crippen molar-refractivity contribution in [1.29, 1.82) is 0 Å². The number of rotatable bonds is 8. The Kier molecular flexibility index (Phi) is 6.71. The smallest absolute Gasteiger partial charge is 0.229 e. The molecule has 0 amide bonds. The van der Waals surface area contributed by atoms with E-state index < -0.39 is 16.1 Å². The lowest BCUT2D eigenvalue weighted by Gasteiger charge is -2.36. The van der Waals surface area contributed by atoms with Crippen LogP contribution in [0.2, 0.25) is 0 Å². The van der Waals surface area contributed by atoms with Crippen molar-refractivity contribution in [2.24, 2.45) is 0 Å². The Morgan fingerprint density at radius 2 is 1.86 bits per heavy atom. The molecule has 1 aromatic heterocycles. The van der Waals surface area contributed by atoms with Gasteiger partial charge >= 0.3 is 0 Å². The van der Waals surface area contributed by atoms with Gasteiger partial charge in [-0.05, 0) is 36.4 Å². The van der Waals surface area contributed by atoms with Gasteiger partial charge in [0.05, 0.1) is 6.26 Å². The first-order chi connectivity index (χ1) is 13.4. The lowest BCUT2D eigenvalue weighted by Crippen LogP contribution is -2.49. The summed E-state index contributed by atoms with van der Waals surface area (Å²) >= 11 is 0. The summed E-state index contributed by atoms with van der Waals surface area (Å²) in [6, 6.07) is 12.5. The zero-order valence-electron chi connectivity index (χ0n) is 15.9. The molecule has 3 rings (SSSR count). The average Bonchev–Trinajstić information content (AvgIpc) is 2.68. The minimum Gasteiger partial charge on any atom is -0.491 e. The first-order valence-electron chi connectivity index (χ1n) is 9.16. The first kappa shape index (κ1) is 20.4. The van der Waals surface area contributed by atoms with Gasteiger partial charge in [0, 0.05) is 44.6 Å². The zero-order valence-corrected chi connectivity index (χ0v) is 16.7. The number of aromatic nitrogens is 1. The molecule has 152 valence electrons. The number of hydrogen-bond acceptors (Lipinski definition) is 7. The molecule has 0 bridgehead atoms. The Hall–Kier alpha value is -2.36. The van der Waals surface area contributed by atoms with Crippen LogP contribution in [-0.2, 0) is 10.0 Å².